The van der Waals surface area contributed by atoms with E-state index in [1.165, 1.54) is 25.0 Å². The second kappa shape index (κ2) is 7.62. The second-order valence-corrected chi connectivity index (χ2v) is 6.43. The van der Waals surface area contributed by atoms with E-state index in [2.05, 4.69) is 5.32 Å². The minimum absolute atomic E-state index is 0. The molecule has 1 aliphatic carbocycles. The monoisotopic (exact) mass is 346 g/mol. The average molecular weight is 347 g/mol. The third-order valence-corrected chi connectivity index (χ3v) is 4.65. The number of nitrogens with zero attached hydrogens (tertiary/aromatic N) is 1. The molecule has 1 heterocycles. The summed E-state index contributed by atoms with van der Waals surface area (Å²) in [6.45, 7) is 2.45. The zero-order chi connectivity index (χ0) is 14.8. The first-order valence-electron chi connectivity index (χ1n) is 7.62. The standard InChI is InChI=1S/C16H20ClFN2O.ClH/c17-14-3-1-2-13(15(14)18)16(21)20-8-6-12(7-9-20)19-10-11-4-5-11;/h1-3,11-12,19H,4-10H2;1H. The molecule has 122 valence electrons. The molecular formula is C16H21Cl2FN2O. The molecule has 0 atom stereocenters. The minimum atomic E-state index is -0.613. The van der Waals surface area contributed by atoms with Gasteiger partial charge in [0.2, 0.25) is 0 Å². The van der Waals surface area contributed by atoms with Gasteiger partial charge in [0.1, 0.15) is 0 Å². The van der Waals surface area contributed by atoms with Gasteiger partial charge in [0.25, 0.3) is 5.91 Å². The zero-order valence-electron chi connectivity index (χ0n) is 12.4. The fourth-order valence-corrected chi connectivity index (χ4v) is 2.96. The van der Waals surface area contributed by atoms with Crippen molar-refractivity contribution < 1.29 is 9.18 Å². The summed E-state index contributed by atoms with van der Waals surface area (Å²) in [7, 11) is 0. The summed E-state index contributed by atoms with van der Waals surface area (Å²) in [4.78, 5) is 14.1. The van der Waals surface area contributed by atoms with E-state index in [-0.39, 0.29) is 28.9 Å². The van der Waals surface area contributed by atoms with Gasteiger partial charge in [-0.05, 0) is 50.3 Å². The number of piperidine rings is 1. The van der Waals surface area contributed by atoms with Crippen LogP contribution < -0.4 is 5.32 Å². The molecule has 0 aromatic heterocycles. The Kier molecular flexibility index (Phi) is 6.07. The summed E-state index contributed by atoms with van der Waals surface area (Å²) >= 11 is 5.74. The van der Waals surface area contributed by atoms with Crippen molar-refractivity contribution >= 4 is 29.9 Å². The molecular weight excluding hydrogens is 326 g/mol. The molecule has 1 aliphatic heterocycles. The summed E-state index contributed by atoms with van der Waals surface area (Å²) in [5, 5.41) is 3.57. The van der Waals surface area contributed by atoms with Crippen molar-refractivity contribution in [2.45, 2.75) is 31.7 Å². The molecule has 1 aromatic carbocycles. The first-order valence-corrected chi connectivity index (χ1v) is 7.99. The van der Waals surface area contributed by atoms with Crippen LogP contribution in [0.25, 0.3) is 0 Å². The van der Waals surface area contributed by atoms with Crippen LogP contribution in [0.15, 0.2) is 18.2 Å². The molecule has 1 N–H and O–H groups in total. The Morgan fingerprint density at radius 3 is 2.59 bits per heavy atom. The van der Waals surface area contributed by atoms with Crippen LogP contribution in [0.4, 0.5) is 4.39 Å². The van der Waals surface area contributed by atoms with Crippen LogP contribution in [0, 0.1) is 11.7 Å². The molecule has 3 nitrogen and oxygen atoms in total. The molecule has 1 saturated carbocycles. The quantitative estimate of drug-likeness (QED) is 0.904. The Bertz CT molecular complexity index is 529. The number of rotatable bonds is 4. The Labute approximate surface area is 141 Å². The molecule has 0 radical (unpaired) electrons. The highest BCUT2D eigenvalue weighted by Gasteiger charge is 2.27. The van der Waals surface area contributed by atoms with Crippen LogP contribution in [0.3, 0.4) is 0 Å². The van der Waals surface area contributed by atoms with Crippen LogP contribution in [0.1, 0.15) is 36.0 Å². The van der Waals surface area contributed by atoms with Crippen molar-refractivity contribution in [1.29, 1.82) is 0 Å². The molecule has 22 heavy (non-hydrogen) atoms. The van der Waals surface area contributed by atoms with E-state index in [0.29, 0.717) is 19.1 Å². The summed E-state index contributed by atoms with van der Waals surface area (Å²) in [5.41, 5.74) is 0.0758. The largest absolute Gasteiger partial charge is 0.338 e. The van der Waals surface area contributed by atoms with Gasteiger partial charge in [-0.25, -0.2) is 4.39 Å². The van der Waals surface area contributed by atoms with Crippen molar-refractivity contribution in [3.05, 3.63) is 34.6 Å². The van der Waals surface area contributed by atoms with Crippen LogP contribution in [0.2, 0.25) is 5.02 Å². The molecule has 0 bridgehead atoms. The topological polar surface area (TPSA) is 32.3 Å². The van der Waals surface area contributed by atoms with Gasteiger partial charge in [0.15, 0.2) is 5.82 Å². The SMILES string of the molecule is Cl.O=C(c1cccc(Cl)c1F)N1CCC(NCC2CC2)CC1. The maximum absolute atomic E-state index is 13.9. The summed E-state index contributed by atoms with van der Waals surface area (Å²) < 4.78 is 13.9. The number of hydrogen-bond acceptors (Lipinski definition) is 2. The second-order valence-electron chi connectivity index (χ2n) is 6.02. The first-order chi connectivity index (χ1) is 10.1. The summed E-state index contributed by atoms with van der Waals surface area (Å²) in [6.07, 6.45) is 4.55. The van der Waals surface area contributed by atoms with Crippen molar-refractivity contribution in [3.8, 4) is 0 Å². The van der Waals surface area contributed by atoms with Gasteiger partial charge in [-0.2, -0.15) is 0 Å². The molecule has 0 spiro atoms. The predicted molar refractivity (Wildman–Crippen MR) is 88.3 cm³/mol. The number of amides is 1. The first kappa shape index (κ1) is 17.5. The number of carbonyl (C=O) groups is 1. The van der Waals surface area contributed by atoms with Crippen molar-refractivity contribution in [2.75, 3.05) is 19.6 Å². The number of carbonyl (C=O) groups excluding carboxylic acids is 1. The highest BCUT2D eigenvalue weighted by Crippen LogP contribution is 2.28. The lowest BCUT2D eigenvalue weighted by atomic mass is 10.0. The number of nitrogens with one attached hydrogen (secondary N) is 1. The van der Waals surface area contributed by atoms with Crippen molar-refractivity contribution in [3.63, 3.8) is 0 Å². The van der Waals surface area contributed by atoms with Crippen molar-refractivity contribution in [2.24, 2.45) is 5.92 Å². The fraction of sp³-hybridized carbons (Fsp3) is 0.562. The van der Waals surface area contributed by atoms with Crippen LogP contribution >= 0.6 is 24.0 Å². The van der Waals surface area contributed by atoms with E-state index in [9.17, 15) is 9.18 Å². The van der Waals surface area contributed by atoms with E-state index in [4.69, 9.17) is 11.6 Å². The third-order valence-electron chi connectivity index (χ3n) is 4.36. The molecule has 2 aliphatic rings. The van der Waals surface area contributed by atoms with E-state index in [1.54, 1.807) is 11.0 Å². The Hall–Kier alpha value is -0.840. The predicted octanol–water partition coefficient (Wildman–Crippen LogP) is 3.51. The molecule has 3 rings (SSSR count). The lowest BCUT2D eigenvalue weighted by molar-refractivity contribution is 0.0700. The highest BCUT2D eigenvalue weighted by atomic mass is 35.5. The van der Waals surface area contributed by atoms with Crippen LogP contribution in [-0.2, 0) is 0 Å². The molecule has 2 fully saturated rings. The molecule has 1 amide bonds. The van der Waals surface area contributed by atoms with Crippen molar-refractivity contribution in [1.82, 2.24) is 10.2 Å². The Morgan fingerprint density at radius 2 is 1.95 bits per heavy atom. The molecule has 1 aromatic rings. The normalized spacial score (nSPS) is 18.9. The average Bonchev–Trinajstić information content (AvgIpc) is 3.32. The Morgan fingerprint density at radius 1 is 1.27 bits per heavy atom. The van der Waals surface area contributed by atoms with E-state index in [1.807, 2.05) is 0 Å². The highest BCUT2D eigenvalue weighted by molar-refractivity contribution is 6.31. The van der Waals surface area contributed by atoms with Gasteiger partial charge in [0, 0.05) is 19.1 Å². The van der Waals surface area contributed by atoms with E-state index >= 15 is 0 Å². The van der Waals surface area contributed by atoms with Crippen LogP contribution in [0.5, 0.6) is 0 Å². The lowest BCUT2D eigenvalue weighted by Gasteiger charge is -2.32. The number of halogens is 3. The zero-order valence-corrected chi connectivity index (χ0v) is 13.9. The van der Waals surface area contributed by atoms with E-state index < -0.39 is 5.82 Å². The lowest BCUT2D eigenvalue weighted by Crippen LogP contribution is -2.45. The maximum Gasteiger partial charge on any atom is 0.256 e. The number of hydrogen-bond donors (Lipinski definition) is 1. The Balaban J connectivity index is 0.00000176. The van der Waals surface area contributed by atoms with Crippen LogP contribution in [-0.4, -0.2) is 36.5 Å². The number of benzene rings is 1. The van der Waals surface area contributed by atoms with Gasteiger partial charge in [-0.3, -0.25) is 4.79 Å². The fourth-order valence-electron chi connectivity index (χ4n) is 2.78. The maximum atomic E-state index is 13.9. The van der Waals surface area contributed by atoms with Gasteiger partial charge in [-0.15, -0.1) is 12.4 Å². The molecule has 0 unspecified atom stereocenters. The summed E-state index contributed by atoms with van der Waals surface area (Å²) in [6, 6.07) is 5.06. The summed E-state index contributed by atoms with van der Waals surface area (Å²) in [5.74, 6) is -0.000917. The number of likely N-dealkylation sites (tertiary alicyclic amines) is 1. The van der Waals surface area contributed by atoms with Gasteiger partial charge < -0.3 is 10.2 Å². The van der Waals surface area contributed by atoms with Gasteiger partial charge >= 0.3 is 0 Å². The molecule has 6 heteroatoms. The smallest absolute Gasteiger partial charge is 0.256 e. The molecule has 1 saturated heterocycles. The van der Waals surface area contributed by atoms with Gasteiger partial charge in [-0.1, -0.05) is 17.7 Å². The van der Waals surface area contributed by atoms with Gasteiger partial charge in [0.05, 0.1) is 10.6 Å². The minimum Gasteiger partial charge on any atom is -0.338 e. The van der Waals surface area contributed by atoms with E-state index in [0.717, 1.165) is 25.3 Å². The third kappa shape index (κ3) is 4.12.